The van der Waals surface area contributed by atoms with Crippen molar-refractivity contribution in [3.8, 4) is 0 Å². The minimum atomic E-state index is -3.03. The highest BCUT2D eigenvalue weighted by Gasteiger charge is 2.30. The summed E-state index contributed by atoms with van der Waals surface area (Å²) < 4.78 is 29.1. The first kappa shape index (κ1) is 27.5. The van der Waals surface area contributed by atoms with Gasteiger partial charge in [0.2, 0.25) is 0 Å². The van der Waals surface area contributed by atoms with E-state index in [-0.39, 0.29) is 35.7 Å². The largest absolute Gasteiger partial charge is 0.481 e. The van der Waals surface area contributed by atoms with Crippen molar-refractivity contribution in [1.29, 1.82) is 0 Å². The number of carboxylic acid groups (broad SMARTS) is 1. The molecule has 3 N–H and O–H groups in total. The molecule has 2 heterocycles. The number of benzene rings is 1. The Labute approximate surface area is 212 Å². The van der Waals surface area contributed by atoms with Gasteiger partial charge in [-0.1, -0.05) is 32.0 Å². The first-order valence-electron chi connectivity index (χ1n) is 12.3. The highest BCUT2D eigenvalue weighted by molar-refractivity contribution is 7.91. The Bertz CT molecular complexity index is 1160. The van der Waals surface area contributed by atoms with Crippen LogP contribution in [0.1, 0.15) is 63.7 Å². The second-order valence-corrected chi connectivity index (χ2v) is 12.1. The fourth-order valence-corrected chi connectivity index (χ4v) is 6.06. The summed E-state index contributed by atoms with van der Waals surface area (Å²) in [6.07, 6.45) is 1.64. The van der Waals surface area contributed by atoms with E-state index in [2.05, 4.69) is 34.5 Å². The van der Waals surface area contributed by atoms with Crippen molar-refractivity contribution in [2.45, 2.75) is 65.3 Å². The lowest BCUT2D eigenvalue weighted by atomic mass is 9.92. The molecule has 11 heteroatoms. The van der Waals surface area contributed by atoms with E-state index in [0.29, 0.717) is 43.2 Å². The first-order valence-corrected chi connectivity index (χ1v) is 14.1. The Hall–Kier alpha value is -3.08. The Kier molecular flexibility index (Phi) is 8.99. The summed E-state index contributed by atoms with van der Waals surface area (Å²) in [6.45, 7) is 8.51. The molecule has 0 saturated carbocycles. The molecule has 36 heavy (non-hydrogen) atoms. The van der Waals surface area contributed by atoms with E-state index >= 15 is 0 Å². The number of hydrogen-bond donors (Lipinski definition) is 3. The SMILES string of the molecule is CCC(CC(=O)O)c1ccc(N(CC(C)C)C2CCS(=O)(=O)CC2)c(NC(=O)Nc2cc(C)on2)c1. The summed E-state index contributed by atoms with van der Waals surface area (Å²) in [6, 6.07) is 6.73. The van der Waals surface area contributed by atoms with Gasteiger partial charge in [0, 0.05) is 18.7 Å². The van der Waals surface area contributed by atoms with Gasteiger partial charge in [0.25, 0.3) is 0 Å². The van der Waals surface area contributed by atoms with Crippen molar-refractivity contribution in [3.05, 3.63) is 35.6 Å². The molecule has 2 aromatic rings. The quantitative estimate of drug-likeness (QED) is 0.411. The summed E-state index contributed by atoms with van der Waals surface area (Å²) in [7, 11) is -3.03. The third kappa shape index (κ3) is 7.46. The molecule has 10 nitrogen and oxygen atoms in total. The van der Waals surface area contributed by atoms with Crippen molar-refractivity contribution in [2.24, 2.45) is 5.92 Å². The van der Waals surface area contributed by atoms with Crippen molar-refractivity contribution in [2.75, 3.05) is 33.6 Å². The van der Waals surface area contributed by atoms with Gasteiger partial charge in [-0.05, 0) is 55.7 Å². The maximum absolute atomic E-state index is 12.9. The molecule has 1 unspecified atom stereocenters. The van der Waals surface area contributed by atoms with E-state index in [4.69, 9.17) is 4.52 Å². The Morgan fingerprint density at radius 3 is 2.44 bits per heavy atom. The summed E-state index contributed by atoms with van der Waals surface area (Å²) in [4.78, 5) is 26.5. The zero-order valence-electron chi connectivity index (χ0n) is 21.3. The van der Waals surface area contributed by atoms with Crippen molar-refractivity contribution in [3.63, 3.8) is 0 Å². The number of carbonyl (C=O) groups is 2. The van der Waals surface area contributed by atoms with Gasteiger partial charge < -0.3 is 19.8 Å². The van der Waals surface area contributed by atoms with Crippen LogP contribution in [0, 0.1) is 12.8 Å². The van der Waals surface area contributed by atoms with Crippen LogP contribution in [-0.2, 0) is 14.6 Å². The number of carboxylic acids is 1. The van der Waals surface area contributed by atoms with Crippen LogP contribution in [0.25, 0.3) is 0 Å². The third-order valence-corrected chi connectivity index (χ3v) is 8.08. The molecule has 0 radical (unpaired) electrons. The number of aromatic nitrogens is 1. The minimum absolute atomic E-state index is 0.00423. The number of hydrogen-bond acceptors (Lipinski definition) is 7. The standard InChI is InChI=1S/C25H36N4O6S/c1-5-18(14-24(30)31)19-6-7-22(21(13-19)26-25(32)27-23-12-17(4)35-28-23)29(15-16(2)3)20-8-10-36(33,34)11-9-20/h6-7,12-13,16,18,20H,5,8-11,14-15H2,1-4H3,(H,30,31)(H2,26,27,28,32). The molecule has 0 spiro atoms. The summed E-state index contributed by atoms with van der Waals surface area (Å²) in [5.74, 6) is 0.296. The average molecular weight is 521 g/mol. The maximum atomic E-state index is 12.9. The van der Waals surface area contributed by atoms with E-state index in [9.17, 15) is 23.1 Å². The van der Waals surface area contributed by atoms with Crippen LogP contribution in [0.2, 0.25) is 0 Å². The Morgan fingerprint density at radius 2 is 1.89 bits per heavy atom. The monoisotopic (exact) mass is 520 g/mol. The smallest absolute Gasteiger partial charge is 0.325 e. The number of aryl methyl sites for hydroxylation is 1. The molecule has 1 atom stereocenters. The lowest BCUT2D eigenvalue weighted by Gasteiger charge is -2.38. The van der Waals surface area contributed by atoms with Crippen LogP contribution >= 0.6 is 0 Å². The lowest BCUT2D eigenvalue weighted by Crippen LogP contribution is -2.43. The summed E-state index contributed by atoms with van der Waals surface area (Å²) >= 11 is 0. The number of anilines is 3. The number of nitrogens with one attached hydrogen (secondary N) is 2. The fourth-order valence-electron chi connectivity index (χ4n) is 4.59. The van der Waals surface area contributed by atoms with Crippen LogP contribution in [0.4, 0.5) is 22.0 Å². The number of carbonyl (C=O) groups excluding carboxylic acids is 1. The molecule has 0 bridgehead atoms. The maximum Gasteiger partial charge on any atom is 0.325 e. The second-order valence-electron chi connectivity index (χ2n) is 9.81. The van der Waals surface area contributed by atoms with Crippen LogP contribution in [-0.4, -0.2) is 54.8 Å². The highest BCUT2D eigenvalue weighted by Crippen LogP contribution is 2.36. The van der Waals surface area contributed by atoms with E-state index < -0.39 is 21.8 Å². The number of urea groups is 1. The van der Waals surface area contributed by atoms with Crippen molar-refractivity contribution < 1.29 is 27.6 Å². The molecule has 198 valence electrons. The predicted molar refractivity (Wildman–Crippen MR) is 139 cm³/mol. The van der Waals surface area contributed by atoms with Gasteiger partial charge >= 0.3 is 12.0 Å². The predicted octanol–water partition coefficient (Wildman–Crippen LogP) is 4.63. The molecule has 1 aromatic carbocycles. The summed E-state index contributed by atoms with van der Waals surface area (Å²) in [5, 5.41) is 18.7. The average Bonchev–Trinajstić information content (AvgIpc) is 3.20. The minimum Gasteiger partial charge on any atom is -0.481 e. The van der Waals surface area contributed by atoms with Crippen molar-refractivity contribution >= 4 is 39.0 Å². The molecule has 1 fully saturated rings. The van der Waals surface area contributed by atoms with Gasteiger partial charge in [0.05, 0.1) is 29.3 Å². The van der Waals surface area contributed by atoms with Gasteiger partial charge in [0.15, 0.2) is 5.82 Å². The van der Waals surface area contributed by atoms with Crippen LogP contribution < -0.4 is 15.5 Å². The van der Waals surface area contributed by atoms with Crippen LogP contribution in [0.15, 0.2) is 28.8 Å². The molecule has 1 aromatic heterocycles. The number of sulfone groups is 1. The second kappa shape index (κ2) is 11.8. The van der Waals surface area contributed by atoms with E-state index in [1.807, 2.05) is 25.1 Å². The van der Waals surface area contributed by atoms with Crippen molar-refractivity contribution in [1.82, 2.24) is 5.16 Å². The van der Waals surface area contributed by atoms with Gasteiger partial charge in [-0.2, -0.15) is 0 Å². The van der Waals surface area contributed by atoms with Gasteiger partial charge in [-0.3, -0.25) is 10.1 Å². The number of aliphatic carboxylic acids is 1. The first-order chi connectivity index (χ1) is 17.0. The number of amides is 2. The van der Waals surface area contributed by atoms with E-state index in [1.165, 1.54) is 0 Å². The highest BCUT2D eigenvalue weighted by atomic mass is 32.2. The number of rotatable bonds is 10. The molecular formula is C25H36N4O6S. The molecular weight excluding hydrogens is 484 g/mol. The van der Waals surface area contributed by atoms with Crippen LogP contribution in [0.3, 0.4) is 0 Å². The molecule has 1 aliphatic rings. The number of nitrogens with zero attached hydrogens (tertiary/aromatic N) is 2. The van der Waals surface area contributed by atoms with Gasteiger partial charge in [-0.15, -0.1) is 0 Å². The van der Waals surface area contributed by atoms with Gasteiger partial charge in [-0.25, -0.2) is 13.2 Å². The third-order valence-electron chi connectivity index (χ3n) is 6.36. The van der Waals surface area contributed by atoms with Crippen LogP contribution in [0.5, 0.6) is 0 Å². The zero-order valence-corrected chi connectivity index (χ0v) is 22.1. The van der Waals surface area contributed by atoms with E-state index in [0.717, 1.165) is 11.3 Å². The Morgan fingerprint density at radius 1 is 1.19 bits per heavy atom. The van der Waals surface area contributed by atoms with Gasteiger partial charge in [0.1, 0.15) is 15.6 Å². The normalized spacial score (nSPS) is 16.5. The molecule has 3 rings (SSSR count). The molecule has 2 amide bonds. The van der Waals surface area contributed by atoms with E-state index in [1.54, 1.807) is 13.0 Å². The summed E-state index contributed by atoms with van der Waals surface area (Å²) in [5.41, 5.74) is 2.11. The zero-order chi connectivity index (χ0) is 26.5. The lowest BCUT2D eigenvalue weighted by molar-refractivity contribution is -0.137. The molecule has 1 saturated heterocycles. The fraction of sp³-hybridized carbons (Fsp3) is 0.560. The molecule has 0 aliphatic carbocycles. The Balaban J connectivity index is 1.98. The topological polar surface area (TPSA) is 142 Å². The molecule has 1 aliphatic heterocycles.